The van der Waals surface area contributed by atoms with Gasteiger partial charge in [-0.3, -0.25) is 4.79 Å². The van der Waals surface area contributed by atoms with Crippen molar-refractivity contribution in [2.45, 2.75) is 82.6 Å². The van der Waals surface area contributed by atoms with Gasteiger partial charge in [0.05, 0.1) is 42.7 Å². The fourth-order valence-electron chi connectivity index (χ4n) is 5.97. The number of aryl methyl sites for hydroxylation is 1. The number of amides is 1. The Morgan fingerprint density at radius 2 is 1.91 bits per heavy atom. The van der Waals surface area contributed by atoms with Gasteiger partial charge in [-0.25, -0.2) is 4.98 Å². The minimum Gasteiger partial charge on any atom is -0.490 e. The largest absolute Gasteiger partial charge is 0.490 e. The lowest BCUT2D eigenvalue weighted by Crippen LogP contribution is -2.44. The van der Waals surface area contributed by atoms with E-state index in [2.05, 4.69) is 5.32 Å². The molecule has 228 valence electrons. The number of fused-ring (bicyclic) bond motifs is 2. The number of halogens is 4. The molecule has 1 amide bonds. The molecule has 1 saturated carbocycles. The molecule has 1 aromatic heterocycles. The Bertz CT molecular complexity index is 1530. The van der Waals surface area contributed by atoms with E-state index in [1.807, 2.05) is 23.2 Å². The first-order valence-electron chi connectivity index (χ1n) is 14.7. The number of ether oxygens (including phenoxy) is 1. The van der Waals surface area contributed by atoms with Crippen molar-refractivity contribution in [3.8, 4) is 5.75 Å². The van der Waals surface area contributed by atoms with Crippen LogP contribution in [0.1, 0.15) is 72.6 Å². The highest BCUT2D eigenvalue weighted by molar-refractivity contribution is 7.12. The summed E-state index contributed by atoms with van der Waals surface area (Å²) in [6.07, 6.45) is 7.55. The molecule has 6 rings (SSSR count). The van der Waals surface area contributed by atoms with Crippen molar-refractivity contribution in [3.63, 3.8) is 0 Å². The number of aliphatic hydroxyl groups excluding tert-OH is 1. The number of hydrogen-bond acceptors (Lipinski definition) is 6. The zero-order chi connectivity index (χ0) is 30.2. The number of carbonyl (C=O) groups is 1. The number of thiazole rings is 1. The molecule has 1 saturated heterocycles. The maximum atomic E-state index is 14.3. The summed E-state index contributed by atoms with van der Waals surface area (Å²) in [5, 5.41) is 16.3. The van der Waals surface area contributed by atoms with Crippen LogP contribution in [-0.4, -0.2) is 45.6 Å². The molecule has 6 nitrogen and oxygen atoms in total. The van der Waals surface area contributed by atoms with Crippen molar-refractivity contribution >= 4 is 69.2 Å². The molecule has 2 aromatic carbocycles. The lowest BCUT2D eigenvalue weighted by Gasteiger charge is -2.31. The molecule has 2 bridgehead atoms. The second kappa shape index (κ2) is 13.3. The molecule has 11 heteroatoms. The fourth-order valence-corrected chi connectivity index (χ4v) is 7.99. The Kier molecular flexibility index (Phi) is 9.60. The van der Waals surface area contributed by atoms with E-state index in [1.54, 1.807) is 36.5 Å². The molecule has 3 aliphatic rings. The third-order valence-electron chi connectivity index (χ3n) is 8.35. The number of rotatable bonds is 11. The Labute approximate surface area is 275 Å². The first kappa shape index (κ1) is 31.2. The van der Waals surface area contributed by atoms with E-state index in [1.165, 1.54) is 0 Å². The Morgan fingerprint density at radius 1 is 1.14 bits per heavy atom. The highest BCUT2D eigenvalue weighted by atomic mass is 35.5. The minimum atomic E-state index is -0.664. The van der Waals surface area contributed by atoms with Crippen molar-refractivity contribution in [1.29, 1.82) is 0 Å². The Hall–Kier alpha value is -1.84. The van der Waals surface area contributed by atoms with Crippen molar-refractivity contribution in [2.75, 3.05) is 6.61 Å². The normalized spacial score (nSPS) is 20.4. The van der Waals surface area contributed by atoms with Crippen LogP contribution in [0.2, 0.25) is 20.1 Å². The standard InChI is InChI=1S/C32H33Cl4N3O3S/c1-17(40)19-12-24(34)31(25(35)13-19)42-11-3-6-28-37-15-27(43-28)22-14-20-7-10-26(38-20)29(22)32(41)39(21-8-9-21)16-18-4-2-5-23(33)30(18)36/h2,4-5,12-13,15,17,20-21,26,38,40H,3,6-11,14,16H2,1H3/t17-,20-,26+/m0/s1. The van der Waals surface area contributed by atoms with Crippen LogP contribution < -0.4 is 10.1 Å². The smallest absolute Gasteiger partial charge is 0.252 e. The number of aliphatic hydroxyl groups is 1. The van der Waals surface area contributed by atoms with Crippen LogP contribution in [0.15, 0.2) is 42.1 Å². The van der Waals surface area contributed by atoms with Gasteiger partial charge in [-0.2, -0.15) is 0 Å². The predicted molar refractivity (Wildman–Crippen MR) is 175 cm³/mol. The van der Waals surface area contributed by atoms with Crippen molar-refractivity contribution in [3.05, 3.63) is 83.2 Å². The number of carbonyl (C=O) groups excluding carboxylic acids is 1. The third-order valence-corrected chi connectivity index (χ3v) is 10.9. The van der Waals surface area contributed by atoms with E-state index in [4.69, 9.17) is 56.1 Å². The first-order valence-corrected chi connectivity index (χ1v) is 17.0. The molecule has 2 fully saturated rings. The number of hydrogen-bond donors (Lipinski definition) is 2. The van der Waals surface area contributed by atoms with E-state index in [-0.39, 0.29) is 18.0 Å². The molecule has 3 aromatic rings. The number of aromatic nitrogens is 1. The summed E-state index contributed by atoms with van der Waals surface area (Å²) < 4.78 is 5.90. The van der Waals surface area contributed by atoms with Gasteiger partial charge in [-0.1, -0.05) is 58.5 Å². The van der Waals surface area contributed by atoms with E-state index >= 15 is 0 Å². The van der Waals surface area contributed by atoms with Gasteiger partial charge in [0.15, 0.2) is 5.75 Å². The number of nitrogens with one attached hydrogen (secondary N) is 1. The van der Waals surface area contributed by atoms with Gasteiger partial charge in [-0.05, 0) is 80.3 Å². The van der Waals surface area contributed by atoms with Gasteiger partial charge in [0.2, 0.25) is 0 Å². The van der Waals surface area contributed by atoms with Crippen LogP contribution in [0.25, 0.3) is 5.57 Å². The summed E-state index contributed by atoms with van der Waals surface area (Å²) in [4.78, 5) is 22.1. The van der Waals surface area contributed by atoms with Gasteiger partial charge in [-0.15, -0.1) is 11.3 Å². The minimum absolute atomic E-state index is 0.0472. The van der Waals surface area contributed by atoms with Crippen LogP contribution in [0, 0.1) is 0 Å². The second-order valence-electron chi connectivity index (χ2n) is 11.5. The quantitative estimate of drug-likeness (QED) is 0.199. The van der Waals surface area contributed by atoms with Crippen molar-refractivity contribution in [1.82, 2.24) is 15.2 Å². The monoisotopic (exact) mass is 679 g/mol. The molecule has 3 atom stereocenters. The lowest BCUT2D eigenvalue weighted by atomic mass is 9.93. The van der Waals surface area contributed by atoms with E-state index < -0.39 is 6.10 Å². The topological polar surface area (TPSA) is 74.7 Å². The van der Waals surface area contributed by atoms with E-state index in [0.29, 0.717) is 50.6 Å². The summed E-state index contributed by atoms with van der Waals surface area (Å²) in [5.41, 5.74) is 3.51. The van der Waals surface area contributed by atoms with Gasteiger partial charge in [0.25, 0.3) is 5.91 Å². The molecule has 3 heterocycles. The number of benzene rings is 2. The Morgan fingerprint density at radius 3 is 2.63 bits per heavy atom. The average molecular weight is 682 g/mol. The van der Waals surface area contributed by atoms with Crippen LogP contribution in [0.4, 0.5) is 0 Å². The molecule has 2 N–H and O–H groups in total. The SMILES string of the molecule is C[C@H](O)c1cc(Cl)c(OCCCc2ncc(C3=C(C(=O)N(Cc4cccc(Cl)c4Cl)C4CC4)[C@H]4CC[C@@H](C3)N4)s2)c(Cl)c1. The third kappa shape index (κ3) is 6.89. The first-order chi connectivity index (χ1) is 20.7. The van der Waals surface area contributed by atoms with Crippen LogP contribution in [0.3, 0.4) is 0 Å². The average Bonchev–Trinajstić information content (AvgIpc) is 3.59. The Balaban J connectivity index is 1.17. The molecule has 0 unspecified atom stereocenters. The van der Waals surface area contributed by atoms with Crippen LogP contribution in [-0.2, 0) is 17.8 Å². The molecule has 0 radical (unpaired) electrons. The maximum Gasteiger partial charge on any atom is 0.252 e. The van der Waals surface area contributed by atoms with Crippen LogP contribution in [0.5, 0.6) is 5.75 Å². The summed E-state index contributed by atoms with van der Waals surface area (Å²) in [6, 6.07) is 9.59. The van der Waals surface area contributed by atoms with Crippen molar-refractivity contribution < 1.29 is 14.6 Å². The number of nitrogens with zero attached hydrogens (tertiary/aromatic N) is 2. The highest BCUT2D eigenvalue weighted by Gasteiger charge is 2.42. The van der Waals surface area contributed by atoms with Crippen LogP contribution >= 0.6 is 57.7 Å². The van der Waals surface area contributed by atoms with Gasteiger partial charge >= 0.3 is 0 Å². The van der Waals surface area contributed by atoms with E-state index in [0.717, 1.165) is 71.5 Å². The molecule has 2 aliphatic heterocycles. The summed E-state index contributed by atoms with van der Waals surface area (Å²) >= 11 is 27.2. The summed E-state index contributed by atoms with van der Waals surface area (Å²) in [7, 11) is 0. The second-order valence-corrected chi connectivity index (χ2v) is 14.2. The molecule has 0 spiro atoms. The van der Waals surface area contributed by atoms with Crippen molar-refractivity contribution in [2.24, 2.45) is 0 Å². The highest BCUT2D eigenvalue weighted by Crippen LogP contribution is 2.42. The van der Waals surface area contributed by atoms with E-state index in [9.17, 15) is 9.90 Å². The predicted octanol–water partition coefficient (Wildman–Crippen LogP) is 8.29. The fraction of sp³-hybridized carbons (Fsp3) is 0.438. The zero-order valence-electron chi connectivity index (χ0n) is 23.7. The molecule has 43 heavy (non-hydrogen) atoms. The molecule has 1 aliphatic carbocycles. The zero-order valence-corrected chi connectivity index (χ0v) is 27.6. The van der Waals surface area contributed by atoms with Gasteiger partial charge < -0.3 is 20.1 Å². The summed E-state index contributed by atoms with van der Waals surface area (Å²) in [5.74, 6) is 0.510. The maximum absolute atomic E-state index is 14.3. The molecular formula is C32H33Cl4N3O3S. The molecular weight excluding hydrogens is 648 g/mol. The lowest BCUT2D eigenvalue weighted by molar-refractivity contribution is -0.128. The van der Waals surface area contributed by atoms with Gasteiger partial charge in [0.1, 0.15) is 0 Å². The van der Waals surface area contributed by atoms with Gasteiger partial charge in [0, 0.05) is 42.9 Å². The summed E-state index contributed by atoms with van der Waals surface area (Å²) in [6.45, 7) is 2.53.